The van der Waals surface area contributed by atoms with Crippen molar-refractivity contribution in [3.05, 3.63) is 42.0 Å². The SMILES string of the molecule is ONC(=S)C=Cc1ccccc1. The summed E-state index contributed by atoms with van der Waals surface area (Å²) in [5.41, 5.74) is 2.93. The zero-order valence-electron chi connectivity index (χ0n) is 6.40. The minimum atomic E-state index is 0.304. The third-order valence-corrected chi connectivity index (χ3v) is 1.56. The molecule has 0 bridgehead atoms. The Morgan fingerprint density at radius 2 is 2.00 bits per heavy atom. The van der Waals surface area contributed by atoms with Crippen LogP contribution in [0.1, 0.15) is 5.56 Å². The fourth-order valence-corrected chi connectivity index (χ4v) is 0.841. The van der Waals surface area contributed by atoms with E-state index in [1.165, 1.54) is 0 Å². The molecule has 62 valence electrons. The lowest BCUT2D eigenvalue weighted by molar-refractivity contribution is 0.238. The van der Waals surface area contributed by atoms with Crippen LogP contribution < -0.4 is 5.48 Å². The van der Waals surface area contributed by atoms with Crippen molar-refractivity contribution < 1.29 is 5.21 Å². The van der Waals surface area contributed by atoms with Crippen molar-refractivity contribution >= 4 is 23.3 Å². The van der Waals surface area contributed by atoms with Crippen LogP contribution in [-0.4, -0.2) is 10.2 Å². The molecule has 0 saturated heterocycles. The molecule has 0 radical (unpaired) electrons. The van der Waals surface area contributed by atoms with Crippen LogP contribution in [0.4, 0.5) is 0 Å². The van der Waals surface area contributed by atoms with Gasteiger partial charge in [-0.3, -0.25) is 10.7 Å². The molecule has 0 unspecified atom stereocenters. The van der Waals surface area contributed by atoms with Crippen LogP contribution in [0, 0.1) is 0 Å². The molecule has 0 spiro atoms. The smallest absolute Gasteiger partial charge is 0.123 e. The third kappa shape index (κ3) is 2.82. The highest BCUT2D eigenvalue weighted by atomic mass is 32.1. The van der Waals surface area contributed by atoms with E-state index in [2.05, 4.69) is 0 Å². The molecule has 1 aromatic carbocycles. The maximum atomic E-state index is 8.37. The van der Waals surface area contributed by atoms with Crippen LogP contribution in [0.15, 0.2) is 36.4 Å². The molecule has 1 rings (SSSR count). The molecule has 2 nitrogen and oxygen atoms in total. The Hall–Kier alpha value is -1.19. The van der Waals surface area contributed by atoms with Crippen molar-refractivity contribution in [3.8, 4) is 0 Å². The summed E-state index contributed by atoms with van der Waals surface area (Å²) in [7, 11) is 0. The molecule has 0 amide bonds. The minimum absolute atomic E-state index is 0.304. The molecule has 0 aliphatic heterocycles. The van der Waals surface area contributed by atoms with Crippen molar-refractivity contribution in [1.82, 2.24) is 5.48 Å². The second-order valence-corrected chi connectivity index (χ2v) is 2.66. The van der Waals surface area contributed by atoms with Gasteiger partial charge in [-0.2, -0.15) is 0 Å². The standard InChI is InChI=1S/C9H9NOS/c11-10-9(12)7-6-8-4-2-1-3-5-8/h1-7,11H,(H,10,12). The molecule has 0 aromatic heterocycles. The summed E-state index contributed by atoms with van der Waals surface area (Å²) in [6.45, 7) is 0. The fourth-order valence-electron chi connectivity index (χ4n) is 0.773. The highest BCUT2D eigenvalue weighted by Crippen LogP contribution is 2.00. The highest BCUT2D eigenvalue weighted by Gasteiger charge is 1.85. The van der Waals surface area contributed by atoms with Gasteiger partial charge >= 0.3 is 0 Å². The highest BCUT2D eigenvalue weighted by molar-refractivity contribution is 7.80. The van der Waals surface area contributed by atoms with Crippen LogP contribution in [-0.2, 0) is 0 Å². The predicted molar refractivity (Wildman–Crippen MR) is 53.0 cm³/mol. The molecule has 1 aromatic rings. The number of hydroxylamine groups is 1. The van der Waals surface area contributed by atoms with E-state index in [0.29, 0.717) is 4.99 Å². The van der Waals surface area contributed by atoms with E-state index in [4.69, 9.17) is 17.4 Å². The summed E-state index contributed by atoms with van der Waals surface area (Å²) in [6, 6.07) is 9.73. The van der Waals surface area contributed by atoms with Crippen LogP contribution in [0.2, 0.25) is 0 Å². The Balaban J connectivity index is 2.64. The van der Waals surface area contributed by atoms with Crippen LogP contribution in [0.25, 0.3) is 6.08 Å². The van der Waals surface area contributed by atoms with E-state index < -0.39 is 0 Å². The molecule has 0 aliphatic carbocycles. The van der Waals surface area contributed by atoms with Crippen LogP contribution >= 0.6 is 12.2 Å². The van der Waals surface area contributed by atoms with E-state index in [1.807, 2.05) is 41.9 Å². The maximum Gasteiger partial charge on any atom is 0.123 e. The minimum Gasteiger partial charge on any atom is -0.290 e. The summed E-state index contributed by atoms with van der Waals surface area (Å²) < 4.78 is 0. The molecule has 3 heteroatoms. The van der Waals surface area contributed by atoms with Gasteiger partial charge in [0.25, 0.3) is 0 Å². The van der Waals surface area contributed by atoms with Gasteiger partial charge in [0.15, 0.2) is 0 Å². The zero-order valence-corrected chi connectivity index (χ0v) is 7.21. The Kier molecular flexibility index (Phi) is 3.44. The van der Waals surface area contributed by atoms with Crippen molar-refractivity contribution in [2.24, 2.45) is 0 Å². The van der Waals surface area contributed by atoms with Gasteiger partial charge in [0.2, 0.25) is 0 Å². The van der Waals surface area contributed by atoms with E-state index in [-0.39, 0.29) is 0 Å². The number of thiocarbonyl (C=S) groups is 1. The van der Waals surface area contributed by atoms with Crippen molar-refractivity contribution in [1.29, 1.82) is 0 Å². The number of rotatable bonds is 2. The molecule has 2 N–H and O–H groups in total. The maximum absolute atomic E-state index is 8.37. The molecule has 0 atom stereocenters. The van der Waals surface area contributed by atoms with Crippen LogP contribution in [0.3, 0.4) is 0 Å². The normalized spacial score (nSPS) is 10.1. The predicted octanol–water partition coefficient (Wildman–Crippen LogP) is 2.01. The molecule has 0 saturated carbocycles. The average molecular weight is 179 g/mol. The van der Waals surface area contributed by atoms with E-state index in [0.717, 1.165) is 5.56 Å². The lowest BCUT2D eigenvalue weighted by Gasteiger charge is -1.92. The Labute approximate surface area is 76.5 Å². The summed E-state index contributed by atoms with van der Waals surface area (Å²) in [4.78, 5) is 0.304. The summed E-state index contributed by atoms with van der Waals surface area (Å²) >= 11 is 4.71. The molecule has 0 heterocycles. The van der Waals surface area contributed by atoms with E-state index in [1.54, 1.807) is 6.08 Å². The first-order chi connectivity index (χ1) is 5.83. The number of benzene rings is 1. The zero-order chi connectivity index (χ0) is 8.81. The lowest BCUT2D eigenvalue weighted by atomic mass is 10.2. The Morgan fingerprint density at radius 1 is 1.33 bits per heavy atom. The van der Waals surface area contributed by atoms with E-state index >= 15 is 0 Å². The Morgan fingerprint density at radius 3 is 2.58 bits per heavy atom. The van der Waals surface area contributed by atoms with Crippen LogP contribution in [0.5, 0.6) is 0 Å². The number of hydrogen-bond acceptors (Lipinski definition) is 2. The number of hydrogen-bond donors (Lipinski definition) is 2. The molecular weight excluding hydrogens is 170 g/mol. The van der Waals surface area contributed by atoms with Crippen molar-refractivity contribution in [2.45, 2.75) is 0 Å². The monoisotopic (exact) mass is 179 g/mol. The molecule has 12 heavy (non-hydrogen) atoms. The molecule has 0 aliphatic rings. The van der Waals surface area contributed by atoms with E-state index in [9.17, 15) is 0 Å². The quantitative estimate of drug-likeness (QED) is 0.414. The third-order valence-electron chi connectivity index (χ3n) is 1.34. The molecular formula is C9H9NOS. The second kappa shape index (κ2) is 4.64. The van der Waals surface area contributed by atoms with Crippen molar-refractivity contribution in [3.63, 3.8) is 0 Å². The summed E-state index contributed by atoms with van der Waals surface area (Å²) in [5.74, 6) is 0. The summed E-state index contributed by atoms with van der Waals surface area (Å²) in [5, 5.41) is 8.37. The van der Waals surface area contributed by atoms with Gasteiger partial charge in [-0.15, -0.1) is 0 Å². The van der Waals surface area contributed by atoms with Gasteiger partial charge in [-0.05, 0) is 11.6 Å². The van der Waals surface area contributed by atoms with Gasteiger partial charge in [0.1, 0.15) is 4.99 Å². The van der Waals surface area contributed by atoms with Gasteiger partial charge < -0.3 is 0 Å². The lowest BCUT2D eigenvalue weighted by Crippen LogP contribution is -2.12. The van der Waals surface area contributed by atoms with Gasteiger partial charge in [-0.25, -0.2) is 0 Å². The second-order valence-electron chi connectivity index (χ2n) is 2.22. The first-order valence-electron chi connectivity index (χ1n) is 3.50. The van der Waals surface area contributed by atoms with Crippen molar-refractivity contribution in [2.75, 3.05) is 0 Å². The van der Waals surface area contributed by atoms with Gasteiger partial charge in [0, 0.05) is 0 Å². The average Bonchev–Trinajstić information content (AvgIpc) is 2.16. The van der Waals surface area contributed by atoms with Gasteiger partial charge in [-0.1, -0.05) is 48.6 Å². The van der Waals surface area contributed by atoms with Gasteiger partial charge in [0.05, 0.1) is 0 Å². The fraction of sp³-hybridized carbons (Fsp3) is 0. The first kappa shape index (κ1) is 8.90. The number of nitrogens with one attached hydrogen (secondary N) is 1. The largest absolute Gasteiger partial charge is 0.290 e. The molecule has 0 fully saturated rings. The summed E-state index contributed by atoms with van der Waals surface area (Å²) in [6.07, 6.45) is 3.45. The topological polar surface area (TPSA) is 32.3 Å². The first-order valence-corrected chi connectivity index (χ1v) is 3.91. The Bertz CT molecular complexity index is 282.